The van der Waals surface area contributed by atoms with E-state index >= 15 is 0 Å². The van der Waals surface area contributed by atoms with Crippen molar-refractivity contribution in [2.75, 3.05) is 0 Å². The molecule has 0 bridgehead atoms. The number of rotatable bonds is 8. The van der Waals surface area contributed by atoms with Crippen molar-refractivity contribution in [1.29, 1.82) is 0 Å². The summed E-state index contributed by atoms with van der Waals surface area (Å²) in [5, 5.41) is 29.6. The summed E-state index contributed by atoms with van der Waals surface area (Å²) in [5.41, 5.74) is 5.64. The van der Waals surface area contributed by atoms with E-state index in [1.165, 1.54) is 32.3 Å². The fourth-order valence-corrected chi connectivity index (χ4v) is 10.8. The number of ether oxygens (including phenoxy) is 1. The van der Waals surface area contributed by atoms with E-state index in [1.807, 2.05) is 48.5 Å². The molecule has 0 aliphatic carbocycles. The quantitative estimate of drug-likeness (QED) is 0.0609. The van der Waals surface area contributed by atoms with Crippen molar-refractivity contribution in [2.24, 2.45) is 4.66 Å². The van der Waals surface area contributed by atoms with Crippen LogP contribution in [0.15, 0.2) is 235 Å². The maximum atomic E-state index is 8.63. The molecule has 0 heterocycles. The molecule has 6 nitrogen and oxygen atoms in total. The molecule has 8 rings (SSSR count). The standard InChI is InChI=1S/C37H35NOSi.3C6H6O.O.W/c1-28-25-29(2)37(30(3)26-28)36(39-32-17-9-5-10-18-32)27-31(4)38-40(33-19-11-6-12-20-33,34-21-13-7-14-22-34)35-23-15-8-16-24-35;3*7-6-4-2-1-3-5-6;;/h5-27H,1-4H3;3*1-5,7H;;/b36-27-,38-31+;;;;;. The van der Waals surface area contributed by atoms with Crippen LogP contribution in [0.3, 0.4) is 0 Å². The number of aryl methyl sites for hydroxylation is 3. The van der Waals surface area contributed by atoms with E-state index in [-0.39, 0.29) is 0 Å². The Labute approximate surface area is 384 Å². The molecular formula is C55H53NO5SiW. The monoisotopic (exact) mass is 1020 g/mol. The Kier molecular flexibility index (Phi) is 20.4. The van der Waals surface area contributed by atoms with Crippen LogP contribution in [0.1, 0.15) is 29.2 Å². The second-order valence-electron chi connectivity index (χ2n) is 14.3. The molecule has 8 aromatic rings. The SMILES string of the molecule is CC(/C=C(\Oc1ccccc1)c1c(C)cc(C)cc1C)=N\[Si](c1ccccc1)(c1ccccc1)c1ccccc1.Oc1ccccc1.Oc1ccccc1.Oc1ccccc1.[O]=[W]. The fourth-order valence-electron chi connectivity index (χ4n) is 6.84. The summed E-state index contributed by atoms with van der Waals surface area (Å²) in [5.74, 6) is 2.57. The third kappa shape index (κ3) is 15.5. The molecule has 0 spiro atoms. The van der Waals surface area contributed by atoms with E-state index in [9.17, 15) is 0 Å². The average molecular weight is 1020 g/mol. The molecule has 0 saturated heterocycles. The van der Waals surface area contributed by atoms with Crippen LogP contribution in [-0.4, -0.2) is 29.3 Å². The molecule has 0 aliphatic heterocycles. The molecule has 63 heavy (non-hydrogen) atoms. The van der Waals surface area contributed by atoms with Crippen LogP contribution < -0.4 is 20.3 Å². The zero-order chi connectivity index (χ0) is 45.3. The van der Waals surface area contributed by atoms with E-state index in [2.05, 4.69) is 137 Å². The average Bonchev–Trinajstić information content (AvgIpc) is 3.31. The molecule has 0 aliphatic rings. The van der Waals surface area contributed by atoms with Crippen LogP contribution in [0, 0.1) is 20.8 Å². The summed E-state index contributed by atoms with van der Waals surface area (Å²) in [6.45, 7) is 8.54. The third-order valence-electron chi connectivity index (χ3n) is 9.42. The topological polar surface area (TPSA) is 99.3 Å². The fraction of sp³-hybridized carbons (Fsp3) is 0.0727. The summed E-state index contributed by atoms with van der Waals surface area (Å²) in [7, 11) is -2.80. The molecule has 0 saturated carbocycles. The Morgan fingerprint density at radius 3 is 1.05 bits per heavy atom. The zero-order valence-electron chi connectivity index (χ0n) is 36.0. The van der Waals surface area contributed by atoms with Gasteiger partial charge in [0.05, 0.1) is 0 Å². The first-order chi connectivity index (χ1) is 30.7. The number of hydrogen-bond donors (Lipinski definition) is 3. The summed E-state index contributed by atoms with van der Waals surface area (Å²) < 4.78 is 20.6. The van der Waals surface area contributed by atoms with Crippen molar-refractivity contribution in [3.8, 4) is 23.0 Å². The molecule has 0 fully saturated rings. The number of aromatic hydroxyl groups is 3. The van der Waals surface area contributed by atoms with Gasteiger partial charge in [-0.15, -0.1) is 0 Å². The first-order valence-electron chi connectivity index (χ1n) is 20.3. The van der Waals surface area contributed by atoms with Crippen LogP contribution in [-0.2, 0) is 23.2 Å². The van der Waals surface area contributed by atoms with Crippen molar-refractivity contribution < 1.29 is 43.2 Å². The number of nitrogens with zero attached hydrogens (tertiary/aromatic N) is 1. The van der Waals surface area contributed by atoms with Gasteiger partial charge in [0.2, 0.25) is 0 Å². The molecule has 8 heteroatoms. The first kappa shape index (κ1) is 48.7. The molecule has 318 valence electrons. The third-order valence-corrected chi connectivity index (χ3v) is 13.6. The van der Waals surface area contributed by atoms with Gasteiger partial charge in [0.1, 0.15) is 28.8 Å². The Bertz CT molecular complexity index is 2350. The Morgan fingerprint density at radius 2 is 0.762 bits per heavy atom. The molecule has 3 N–H and O–H groups in total. The van der Waals surface area contributed by atoms with Gasteiger partial charge in [0.25, 0.3) is 8.24 Å². The number of allylic oxidation sites excluding steroid dienone is 1. The number of para-hydroxylation sites is 4. The number of benzene rings is 8. The normalized spacial score (nSPS) is 10.7. The van der Waals surface area contributed by atoms with Gasteiger partial charge in [-0.1, -0.05) is 181 Å². The van der Waals surface area contributed by atoms with Gasteiger partial charge >= 0.3 is 23.2 Å². The van der Waals surface area contributed by atoms with E-state index in [0.29, 0.717) is 37.0 Å². The molecule has 0 atom stereocenters. The maximum absolute atomic E-state index is 8.63. The Hall–Kier alpha value is -6.92. The predicted octanol–water partition coefficient (Wildman–Crippen LogP) is 11.2. The van der Waals surface area contributed by atoms with E-state index in [4.69, 9.17) is 28.1 Å². The van der Waals surface area contributed by atoms with Crippen molar-refractivity contribution >= 4 is 35.3 Å². The first-order valence-corrected chi connectivity index (χ1v) is 23.4. The van der Waals surface area contributed by atoms with Gasteiger partial charge in [0.15, 0.2) is 0 Å². The minimum atomic E-state index is -2.80. The van der Waals surface area contributed by atoms with Gasteiger partial charge in [-0.05, 0) is 103 Å². The summed E-state index contributed by atoms with van der Waals surface area (Å²) >= 11 is 0.333. The van der Waals surface area contributed by atoms with Crippen LogP contribution >= 0.6 is 0 Å². The van der Waals surface area contributed by atoms with E-state index in [0.717, 1.165) is 22.8 Å². The van der Waals surface area contributed by atoms with Crippen LogP contribution in [0.25, 0.3) is 5.76 Å². The molecular weight excluding hydrogens is 967 g/mol. The second kappa shape index (κ2) is 26.4. The van der Waals surface area contributed by atoms with E-state index < -0.39 is 8.24 Å². The molecule has 0 radical (unpaired) electrons. The number of phenols is 3. The van der Waals surface area contributed by atoms with Crippen molar-refractivity contribution in [2.45, 2.75) is 27.7 Å². The van der Waals surface area contributed by atoms with Crippen LogP contribution in [0.5, 0.6) is 23.0 Å². The van der Waals surface area contributed by atoms with Crippen molar-refractivity contribution in [3.05, 3.63) is 253 Å². The van der Waals surface area contributed by atoms with Gasteiger partial charge in [0, 0.05) is 17.4 Å². The number of hydrogen-bond acceptors (Lipinski definition) is 6. The van der Waals surface area contributed by atoms with Gasteiger partial charge < -0.3 is 24.7 Å². The predicted molar refractivity (Wildman–Crippen MR) is 258 cm³/mol. The van der Waals surface area contributed by atoms with Gasteiger partial charge in [-0.2, -0.15) is 0 Å². The Morgan fingerprint density at radius 1 is 0.476 bits per heavy atom. The van der Waals surface area contributed by atoms with E-state index in [1.54, 1.807) is 72.8 Å². The van der Waals surface area contributed by atoms with Gasteiger partial charge in [-0.3, -0.25) is 0 Å². The van der Waals surface area contributed by atoms with Crippen molar-refractivity contribution in [3.63, 3.8) is 0 Å². The minimum absolute atomic E-state index is 0.322. The second-order valence-corrected chi connectivity index (χ2v) is 17.6. The molecule has 0 amide bonds. The molecule has 0 unspecified atom stereocenters. The molecule has 0 aromatic heterocycles. The summed E-state index contributed by atoms with van der Waals surface area (Å²) in [4.78, 5) is 0. The van der Waals surface area contributed by atoms with Crippen LogP contribution in [0.2, 0.25) is 0 Å². The summed E-state index contributed by atoms with van der Waals surface area (Å²) in [6, 6.07) is 72.8. The van der Waals surface area contributed by atoms with Gasteiger partial charge in [-0.25, -0.2) is 0 Å². The number of phenolic OH excluding ortho intramolecular Hbond substituents is 3. The zero-order valence-corrected chi connectivity index (χ0v) is 39.9. The Balaban J connectivity index is 0.000000304. The van der Waals surface area contributed by atoms with Crippen molar-refractivity contribution in [1.82, 2.24) is 0 Å². The van der Waals surface area contributed by atoms with Crippen LogP contribution in [0.4, 0.5) is 0 Å². The summed E-state index contributed by atoms with van der Waals surface area (Å²) in [6.07, 6.45) is 2.12. The molecule has 8 aromatic carbocycles.